The number of hydrogen-bond donors (Lipinski definition) is 3. The zero-order valence-corrected chi connectivity index (χ0v) is 14.8. The lowest BCUT2D eigenvalue weighted by Crippen LogP contribution is -2.49. The van der Waals surface area contributed by atoms with E-state index in [1.54, 1.807) is 12.1 Å². The van der Waals surface area contributed by atoms with Gasteiger partial charge in [-0.2, -0.15) is 0 Å². The lowest BCUT2D eigenvalue weighted by atomic mass is 10.00. The predicted octanol–water partition coefficient (Wildman–Crippen LogP) is 1.28. The van der Waals surface area contributed by atoms with Crippen LogP contribution in [0.1, 0.15) is 18.9 Å². The number of sulfone groups is 1. The number of benzene rings is 1. The molecule has 0 saturated heterocycles. The highest BCUT2D eigenvalue weighted by Gasteiger charge is 2.43. The van der Waals surface area contributed by atoms with Gasteiger partial charge in [-0.3, -0.25) is 14.8 Å². The van der Waals surface area contributed by atoms with E-state index in [1.807, 2.05) is 30.3 Å². The van der Waals surface area contributed by atoms with Gasteiger partial charge in [-0.1, -0.05) is 36.4 Å². The minimum Gasteiger partial charge on any atom is -0.322 e. The third kappa shape index (κ3) is 3.97. The number of aromatic nitrogens is 1. The maximum absolute atomic E-state index is 12.3. The number of carbonyl (C=O) groups excluding carboxylic acids is 1. The van der Waals surface area contributed by atoms with E-state index in [2.05, 4.69) is 4.98 Å². The number of hydroxylamine groups is 1. The number of hydrogen-bond acceptors (Lipinski definition) is 5. The third-order valence-corrected chi connectivity index (χ3v) is 6.37. The second-order valence-electron chi connectivity index (χ2n) is 6.04. The van der Waals surface area contributed by atoms with Crippen LogP contribution < -0.4 is 11.0 Å². The van der Waals surface area contributed by atoms with Gasteiger partial charge in [-0.15, -0.1) is 0 Å². The normalized spacial score (nSPS) is 13.9. The average Bonchev–Trinajstić information content (AvgIpc) is 2.59. The largest absolute Gasteiger partial charge is 0.322 e. The summed E-state index contributed by atoms with van der Waals surface area (Å²) in [6, 6.07) is 12.6. The maximum atomic E-state index is 12.3. The van der Waals surface area contributed by atoms with Crippen LogP contribution in [0.2, 0.25) is 0 Å². The Morgan fingerprint density at radius 2 is 1.84 bits per heavy atom. The van der Waals surface area contributed by atoms with Crippen LogP contribution in [0.25, 0.3) is 11.3 Å². The number of carbonyl (C=O) groups is 1. The molecule has 0 saturated carbocycles. The van der Waals surface area contributed by atoms with Crippen molar-refractivity contribution < 1.29 is 18.4 Å². The number of H-pyrrole nitrogens is 1. The molecule has 0 unspecified atom stereocenters. The third-order valence-electron chi connectivity index (χ3n) is 4.35. The van der Waals surface area contributed by atoms with Crippen molar-refractivity contribution in [3.63, 3.8) is 0 Å². The molecule has 7 nitrogen and oxygen atoms in total. The first-order chi connectivity index (χ1) is 11.7. The number of amides is 1. The van der Waals surface area contributed by atoms with Crippen LogP contribution in [0.15, 0.2) is 47.3 Å². The molecule has 3 N–H and O–H groups in total. The van der Waals surface area contributed by atoms with Crippen molar-refractivity contribution in [2.45, 2.75) is 24.5 Å². The summed E-state index contributed by atoms with van der Waals surface area (Å²) in [4.78, 5) is 26.8. The minimum atomic E-state index is -3.79. The summed E-state index contributed by atoms with van der Waals surface area (Å²) in [5.74, 6) is -1.02. The summed E-state index contributed by atoms with van der Waals surface area (Å²) in [6.07, 6.45) is 0.859. The van der Waals surface area contributed by atoms with Crippen LogP contribution in [0.3, 0.4) is 0 Å². The Hall–Kier alpha value is -2.45. The van der Waals surface area contributed by atoms with Crippen LogP contribution >= 0.6 is 0 Å². The molecule has 1 aromatic heterocycles. The van der Waals surface area contributed by atoms with Crippen molar-refractivity contribution in [1.82, 2.24) is 10.5 Å². The molecule has 0 aliphatic carbocycles. The zero-order chi connectivity index (χ0) is 18.7. The number of aryl methyl sites for hydroxylation is 1. The van der Waals surface area contributed by atoms with E-state index in [4.69, 9.17) is 5.21 Å². The highest BCUT2D eigenvalue weighted by atomic mass is 32.2. The number of aromatic amines is 1. The van der Waals surface area contributed by atoms with E-state index < -0.39 is 20.5 Å². The molecule has 0 radical (unpaired) electrons. The molecule has 2 rings (SSSR count). The SMILES string of the molecule is C[C@@](CCc1ccc(-c2ccccc2)[nH]c1=O)(C(=O)NO)S(C)(=O)=O. The topological polar surface area (TPSA) is 116 Å². The molecule has 1 aromatic carbocycles. The van der Waals surface area contributed by atoms with Crippen LogP contribution in [0.5, 0.6) is 0 Å². The van der Waals surface area contributed by atoms with Crippen LogP contribution in [0, 0.1) is 0 Å². The van der Waals surface area contributed by atoms with E-state index in [9.17, 15) is 18.0 Å². The van der Waals surface area contributed by atoms with Crippen LogP contribution in [-0.2, 0) is 21.1 Å². The Morgan fingerprint density at radius 1 is 1.20 bits per heavy atom. The lowest BCUT2D eigenvalue weighted by Gasteiger charge is -2.24. The fourth-order valence-corrected chi connectivity index (χ4v) is 3.30. The maximum Gasteiger partial charge on any atom is 0.264 e. The monoisotopic (exact) mass is 364 g/mol. The number of pyridine rings is 1. The second kappa shape index (κ2) is 7.20. The Morgan fingerprint density at radius 3 is 2.36 bits per heavy atom. The highest BCUT2D eigenvalue weighted by molar-refractivity contribution is 7.92. The van der Waals surface area contributed by atoms with Crippen molar-refractivity contribution in [3.05, 3.63) is 58.4 Å². The molecule has 0 bridgehead atoms. The molecule has 0 aliphatic rings. The molecular formula is C17H20N2O5S. The van der Waals surface area contributed by atoms with Gasteiger partial charge >= 0.3 is 0 Å². The molecule has 1 amide bonds. The van der Waals surface area contributed by atoms with Crippen LogP contribution in [-0.4, -0.2) is 35.5 Å². The first kappa shape index (κ1) is 18.9. The highest BCUT2D eigenvalue weighted by Crippen LogP contribution is 2.23. The van der Waals surface area contributed by atoms with E-state index in [-0.39, 0.29) is 18.4 Å². The van der Waals surface area contributed by atoms with Gasteiger partial charge in [0.1, 0.15) is 4.75 Å². The molecule has 2 aromatic rings. The van der Waals surface area contributed by atoms with E-state index >= 15 is 0 Å². The van der Waals surface area contributed by atoms with Crippen molar-refractivity contribution in [2.75, 3.05) is 6.26 Å². The molecule has 1 heterocycles. The zero-order valence-electron chi connectivity index (χ0n) is 13.9. The average molecular weight is 364 g/mol. The van der Waals surface area contributed by atoms with Crippen LogP contribution in [0.4, 0.5) is 0 Å². The summed E-state index contributed by atoms with van der Waals surface area (Å²) in [5, 5.41) is 8.82. The molecule has 0 fully saturated rings. The summed E-state index contributed by atoms with van der Waals surface area (Å²) < 4.78 is 22.1. The van der Waals surface area contributed by atoms with E-state index in [1.165, 1.54) is 12.4 Å². The molecule has 25 heavy (non-hydrogen) atoms. The summed E-state index contributed by atoms with van der Waals surface area (Å²) in [6.45, 7) is 1.22. The summed E-state index contributed by atoms with van der Waals surface area (Å²) >= 11 is 0. The first-order valence-corrected chi connectivity index (χ1v) is 9.50. The van der Waals surface area contributed by atoms with Gasteiger partial charge in [0.2, 0.25) is 0 Å². The van der Waals surface area contributed by atoms with Crippen molar-refractivity contribution >= 4 is 15.7 Å². The fraction of sp³-hybridized carbons (Fsp3) is 0.294. The minimum absolute atomic E-state index is 0.0708. The van der Waals surface area contributed by atoms with Crippen molar-refractivity contribution in [3.8, 4) is 11.3 Å². The van der Waals surface area contributed by atoms with Gasteiger partial charge in [0.25, 0.3) is 11.5 Å². The number of rotatable bonds is 6. The molecule has 0 spiro atoms. The van der Waals surface area contributed by atoms with Gasteiger partial charge in [0.15, 0.2) is 9.84 Å². The smallest absolute Gasteiger partial charge is 0.264 e. The molecule has 1 atom stereocenters. The first-order valence-electron chi connectivity index (χ1n) is 7.61. The van der Waals surface area contributed by atoms with Gasteiger partial charge in [-0.25, -0.2) is 13.9 Å². The summed E-state index contributed by atoms with van der Waals surface area (Å²) in [5.41, 5.74) is 2.91. The number of nitrogens with one attached hydrogen (secondary N) is 2. The Bertz CT molecular complexity index is 922. The van der Waals surface area contributed by atoms with E-state index in [0.717, 1.165) is 11.8 Å². The molecule has 8 heteroatoms. The van der Waals surface area contributed by atoms with Gasteiger partial charge < -0.3 is 4.98 Å². The molecule has 0 aliphatic heterocycles. The summed E-state index contributed by atoms with van der Waals surface area (Å²) in [7, 11) is -3.79. The van der Waals surface area contributed by atoms with Crippen molar-refractivity contribution in [2.24, 2.45) is 0 Å². The van der Waals surface area contributed by atoms with Crippen molar-refractivity contribution in [1.29, 1.82) is 0 Å². The van der Waals surface area contributed by atoms with Gasteiger partial charge in [0.05, 0.1) is 0 Å². The van der Waals surface area contributed by atoms with Gasteiger partial charge in [-0.05, 0) is 31.4 Å². The fourth-order valence-electron chi connectivity index (χ4n) is 2.45. The Labute approximate surface area is 145 Å². The Kier molecular flexibility index (Phi) is 5.44. The predicted molar refractivity (Wildman–Crippen MR) is 94.0 cm³/mol. The second-order valence-corrected chi connectivity index (χ2v) is 8.48. The molecular weight excluding hydrogens is 344 g/mol. The van der Waals surface area contributed by atoms with Gasteiger partial charge in [0, 0.05) is 17.5 Å². The lowest BCUT2D eigenvalue weighted by molar-refractivity contribution is -0.131. The standard InChI is InChI=1S/C17H20N2O5S/c1-17(16(21)19-22,25(2,23)24)11-10-13-8-9-14(18-15(13)20)12-6-4-3-5-7-12/h3-9,22H,10-11H2,1-2H3,(H,18,20)(H,19,21)/t17-/m1/s1. The quantitative estimate of drug-likeness (QED) is 0.527. The van der Waals surface area contributed by atoms with E-state index in [0.29, 0.717) is 11.3 Å². The Balaban J connectivity index is 2.26. The molecule has 134 valence electrons.